The standard InChI is InChI=1S/C30H55ClN2S/c1-22(2)30(21-33-17-15-26(16-18-33)24-7-11-28(31)12-8-24)32-20-23-5-4-6-27(19-23)25-9-13-29(34-3)14-10-25/h22-30,32H,4-21H2,1-3H3/t23?,24?,25?,27?,28?,29?,30-/m0/s1. The molecular formula is C30H55ClN2S. The predicted molar refractivity (Wildman–Crippen MR) is 152 cm³/mol. The van der Waals surface area contributed by atoms with Gasteiger partial charge in [-0.3, -0.25) is 0 Å². The Kier molecular flexibility index (Phi) is 11.3. The van der Waals surface area contributed by atoms with Gasteiger partial charge in [0.2, 0.25) is 0 Å². The Hall–Kier alpha value is 0.560. The maximum absolute atomic E-state index is 6.36. The molecule has 0 radical (unpaired) electrons. The third-order valence-electron chi connectivity index (χ3n) is 10.5. The lowest BCUT2D eigenvalue weighted by Gasteiger charge is -2.41. The van der Waals surface area contributed by atoms with E-state index in [0.29, 0.717) is 11.4 Å². The molecule has 1 aliphatic heterocycles. The molecule has 0 aromatic rings. The molecule has 4 heteroatoms. The van der Waals surface area contributed by atoms with E-state index in [4.69, 9.17) is 11.6 Å². The Morgan fingerprint density at radius 1 is 0.794 bits per heavy atom. The number of thioether (sulfide) groups is 1. The second-order valence-corrected chi connectivity index (χ2v) is 14.7. The van der Waals surface area contributed by atoms with Crippen molar-refractivity contribution in [3.8, 4) is 0 Å². The molecule has 0 spiro atoms. The Labute approximate surface area is 221 Å². The van der Waals surface area contributed by atoms with Crippen LogP contribution in [0.2, 0.25) is 0 Å². The minimum Gasteiger partial charge on any atom is -0.312 e. The minimum absolute atomic E-state index is 0.462. The molecule has 4 fully saturated rings. The van der Waals surface area contributed by atoms with Crippen LogP contribution in [0.3, 0.4) is 0 Å². The van der Waals surface area contributed by atoms with Gasteiger partial charge in [-0.1, -0.05) is 26.7 Å². The summed E-state index contributed by atoms with van der Waals surface area (Å²) >= 11 is 8.47. The summed E-state index contributed by atoms with van der Waals surface area (Å²) in [4.78, 5) is 2.79. The monoisotopic (exact) mass is 510 g/mol. The first-order chi connectivity index (χ1) is 16.5. The first-order valence-electron chi connectivity index (χ1n) is 15.1. The normalized spacial score (nSPS) is 37.7. The van der Waals surface area contributed by atoms with Crippen LogP contribution in [0.15, 0.2) is 0 Å². The van der Waals surface area contributed by atoms with Gasteiger partial charge >= 0.3 is 0 Å². The van der Waals surface area contributed by atoms with Gasteiger partial charge in [-0.15, -0.1) is 11.6 Å². The fourth-order valence-electron chi connectivity index (χ4n) is 8.01. The number of piperidine rings is 1. The highest BCUT2D eigenvalue weighted by atomic mass is 35.5. The Bertz CT molecular complexity index is 562. The summed E-state index contributed by atoms with van der Waals surface area (Å²) in [6, 6.07) is 0.653. The van der Waals surface area contributed by atoms with E-state index >= 15 is 0 Å². The highest BCUT2D eigenvalue weighted by Gasteiger charge is 2.33. The minimum atomic E-state index is 0.462. The summed E-state index contributed by atoms with van der Waals surface area (Å²) in [6.45, 7) is 10.0. The van der Waals surface area contributed by atoms with E-state index in [1.165, 1.54) is 116 Å². The first kappa shape index (κ1) is 27.6. The number of rotatable bonds is 9. The molecule has 2 nitrogen and oxygen atoms in total. The molecule has 0 bridgehead atoms. The summed E-state index contributed by atoms with van der Waals surface area (Å²) in [5, 5.41) is 5.51. The van der Waals surface area contributed by atoms with E-state index in [1.54, 1.807) is 0 Å². The molecule has 0 amide bonds. The van der Waals surface area contributed by atoms with Crippen molar-refractivity contribution < 1.29 is 0 Å². The summed E-state index contributed by atoms with van der Waals surface area (Å²) in [5.41, 5.74) is 0. The number of hydrogen-bond donors (Lipinski definition) is 1. The molecule has 2 unspecified atom stereocenters. The predicted octanol–water partition coefficient (Wildman–Crippen LogP) is 7.84. The van der Waals surface area contributed by atoms with Gasteiger partial charge in [-0.25, -0.2) is 0 Å². The second kappa shape index (κ2) is 13.9. The maximum atomic E-state index is 6.36. The average Bonchev–Trinajstić information content (AvgIpc) is 2.87. The number of alkyl halides is 1. The van der Waals surface area contributed by atoms with Crippen molar-refractivity contribution in [1.82, 2.24) is 10.2 Å². The number of hydrogen-bond acceptors (Lipinski definition) is 3. The Morgan fingerprint density at radius 2 is 1.41 bits per heavy atom. The van der Waals surface area contributed by atoms with Crippen molar-refractivity contribution in [1.29, 1.82) is 0 Å². The Morgan fingerprint density at radius 3 is 2.06 bits per heavy atom. The quantitative estimate of drug-likeness (QED) is 0.318. The summed E-state index contributed by atoms with van der Waals surface area (Å²) in [5.74, 6) is 5.63. The van der Waals surface area contributed by atoms with Gasteiger partial charge in [-0.2, -0.15) is 11.8 Å². The van der Waals surface area contributed by atoms with Crippen molar-refractivity contribution in [3.05, 3.63) is 0 Å². The first-order valence-corrected chi connectivity index (χ1v) is 16.9. The Balaban J connectivity index is 1.17. The molecule has 1 N–H and O–H groups in total. The van der Waals surface area contributed by atoms with Gasteiger partial charge in [-0.05, 0) is 138 Å². The molecule has 3 aliphatic carbocycles. The van der Waals surface area contributed by atoms with Gasteiger partial charge < -0.3 is 10.2 Å². The SMILES string of the molecule is CSC1CCC(C2CCCC(CN[C@@H](CN3CCC(C4CCC(Cl)CC4)CC3)C(C)C)C2)CC1. The molecule has 4 rings (SSSR count). The lowest BCUT2D eigenvalue weighted by Crippen LogP contribution is -2.48. The van der Waals surface area contributed by atoms with Crippen LogP contribution in [0, 0.1) is 35.5 Å². The van der Waals surface area contributed by atoms with Crippen molar-refractivity contribution >= 4 is 23.4 Å². The zero-order valence-corrected chi connectivity index (χ0v) is 24.2. The van der Waals surface area contributed by atoms with Crippen molar-refractivity contribution in [2.24, 2.45) is 35.5 Å². The topological polar surface area (TPSA) is 15.3 Å². The molecule has 198 valence electrons. The van der Waals surface area contributed by atoms with Gasteiger partial charge in [0.15, 0.2) is 0 Å². The molecular weight excluding hydrogens is 456 g/mol. The van der Waals surface area contributed by atoms with Crippen LogP contribution < -0.4 is 5.32 Å². The average molecular weight is 511 g/mol. The molecule has 0 aromatic carbocycles. The zero-order chi connectivity index (χ0) is 23.9. The van der Waals surface area contributed by atoms with E-state index in [-0.39, 0.29) is 0 Å². The third kappa shape index (κ3) is 8.03. The van der Waals surface area contributed by atoms with Gasteiger partial charge in [0.1, 0.15) is 0 Å². The van der Waals surface area contributed by atoms with Crippen LogP contribution in [0.1, 0.15) is 104 Å². The lowest BCUT2D eigenvalue weighted by molar-refractivity contribution is 0.110. The number of nitrogens with zero attached hydrogens (tertiary/aromatic N) is 1. The van der Waals surface area contributed by atoms with E-state index in [0.717, 1.165) is 40.8 Å². The van der Waals surface area contributed by atoms with Gasteiger partial charge in [0.05, 0.1) is 0 Å². The summed E-state index contributed by atoms with van der Waals surface area (Å²) in [7, 11) is 0. The molecule has 3 saturated carbocycles. The van der Waals surface area contributed by atoms with E-state index < -0.39 is 0 Å². The third-order valence-corrected chi connectivity index (χ3v) is 12.0. The fourth-order valence-corrected chi connectivity index (χ4v) is 9.00. The highest BCUT2D eigenvalue weighted by molar-refractivity contribution is 7.99. The van der Waals surface area contributed by atoms with Crippen molar-refractivity contribution in [2.75, 3.05) is 32.4 Å². The van der Waals surface area contributed by atoms with Crippen LogP contribution >= 0.6 is 23.4 Å². The van der Waals surface area contributed by atoms with Crippen molar-refractivity contribution in [3.63, 3.8) is 0 Å². The van der Waals surface area contributed by atoms with Crippen LogP contribution in [-0.2, 0) is 0 Å². The molecule has 34 heavy (non-hydrogen) atoms. The summed E-state index contributed by atoms with van der Waals surface area (Å²) < 4.78 is 0. The van der Waals surface area contributed by atoms with Crippen molar-refractivity contribution in [2.45, 2.75) is 120 Å². The molecule has 1 heterocycles. The van der Waals surface area contributed by atoms with E-state index in [1.807, 2.05) is 0 Å². The van der Waals surface area contributed by atoms with Crippen LogP contribution in [0.25, 0.3) is 0 Å². The fraction of sp³-hybridized carbons (Fsp3) is 1.00. The molecule has 4 aliphatic rings. The van der Waals surface area contributed by atoms with Crippen LogP contribution in [-0.4, -0.2) is 54.0 Å². The summed E-state index contributed by atoms with van der Waals surface area (Å²) in [6.07, 6.45) is 22.4. The lowest BCUT2D eigenvalue weighted by atomic mass is 9.70. The number of likely N-dealkylation sites (tertiary alicyclic amines) is 1. The number of halogens is 1. The van der Waals surface area contributed by atoms with E-state index in [9.17, 15) is 0 Å². The molecule has 1 saturated heterocycles. The number of nitrogens with one attached hydrogen (secondary N) is 1. The zero-order valence-electron chi connectivity index (χ0n) is 22.7. The largest absolute Gasteiger partial charge is 0.312 e. The van der Waals surface area contributed by atoms with Gasteiger partial charge in [0, 0.05) is 23.2 Å². The second-order valence-electron chi connectivity index (χ2n) is 13.0. The molecule has 0 aromatic heterocycles. The van der Waals surface area contributed by atoms with Crippen LogP contribution in [0.5, 0.6) is 0 Å². The van der Waals surface area contributed by atoms with Gasteiger partial charge in [0.25, 0.3) is 0 Å². The van der Waals surface area contributed by atoms with Crippen LogP contribution in [0.4, 0.5) is 0 Å². The van der Waals surface area contributed by atoms with E-state index in [2.05, 4.69) is 42.1 Å². The smallest absolute Gasteiger partial charge is 0.0336 e. The maximum Gasteiger partial charge on any atom is 0.0336 e. The molecule has 3 atom stereocenters. The highest BCUT2D eigenvalue weighted by Crippen LogP contribution is 2.42.